The van der Waals surface area contributed by atoms with Crippen LogP contribution in [0.2, 0.25) is 0 Å². The maximum absolute atomic E-state index is 5.44. The number of hydrogen-bond donors (Lipinski definition) is 1. The van der Waals surface area contributed by atoms with Crippen LogP contribution in [0.15, 0.2) is 22.7 Å². The number of hydrogen-bond acceptors (Lipinski definition) is 2. The van der Waals surface area contributed by atoms with Crippen molar-refractivity contribution in [2.75, 3.05) is 13.6 Å². The fourth-order valence-electron chi connectivity index (χ4n) is 2.73. The lowest BCUT2D eigenvalue weighted by molar-refractivity contribution is 0.283. The van der Waals surface area contributed by atoms with E-state index in [-0.39, 0.29) is 0 Å². The molecule has 1 aliphatic heterocycles. The fourth-order valence-corrected chi connectivity index (χ4v) is 3.36. The summed E-state index contributed by atoms with van der Waals surface area (Å²) in [7, 11) is 2.20. The predicted octanol–water partition coefficient (Wildman–Crippen LogP) is 3.56. The van der Waals surface area contributed by atoms with E-state index in [9.17, 15) is 0 Å². The zero-order chi connectivity index (χ0) is 12.7. The number of likely N-dealkylation sites (tertiary alicyclic amines) is 1. The Morgan fingerprint density at radius 1 is 1.50 bits per heavy atom. The van der Waals surface area contributed by atoms with Crippen LogP contribution in [0.3, 0.4) is 0 Å². The number of likely N-dealkylation sites (N-methyl/N-ethyl adjacent to an activating group) is 1. The first kappa shape index (κ1) is 12.4. The number of fused-ring (bicyclic) bond motifs is 1. The predicted molar refractivity (Wildman–Crippen MR) is 80.5 cm³/mol. The van der Waals surface area contributed by atoms with Gasteiger partial charge in [0.25, 0.3) is 0 Å². The van der Waals surface area contributed by atoms with Gasteiger partial charge in [0, 0.05) is 17.1 Å². The standard InChI is InChI=1S/C13H16BrN3S/c1-16-6-2-3-10(16)8-17-12-7-9(14)4-5-11(12)15-13(17)18/h4-5,7,10H,2-3,6,8H2,1H3,(H,15,18). The lowest BCUT2D eigenvalue weighted by Gasteiger charge is -2.20. The van der Waals surface area contributed by atoms with Crippen molar-refractivity contribution in [3.63, 3.8) is 0 Å². The lowest BCUT2D eigenvalue weighted by Crippen LogP contribution is -2.29. The minimum Gasteiger partial charge on any atom is -0.331 e. The van der Waals surface area contributed by atoms with E-state index in [0.717, 1.165) is 21.3 Å². The van der Waals surface area contributed by atoms with Crippen molar-refractivity contribution in [3.8, 4) is 0 Å². The molecule has 1 aromatic heterocycles. The molecule has 1 unspecified atom stereocenters. The summed E-state index contributed by atoms with van der Waals surface area (Å²) < 4.78 is 4.14. The fraction of sp³-hybridized carbons (Fsp3) is 0.462. The Bertz CT molecular complexity index is 631. The van der Waals surface area contributed by atoms with Crippen LogP contribution in [-0.4, -0.2) is 34.1 Å². The molecule has 1 aliphatic rings. The summed E-state index contributed by atoms with van der Waals surface area (Å²) in [6.07, 6.45) is 2.56. The third-order valence-electron chi connectivity index (χ3n) is 3.80. The van der Waals surface area contributed by atoms with Crippen molar-refractivity contribution in [1.29, 1.82) is 0 Å². The van der Waals surface area contributed by atoms with Crippen LogP contribution >= 0.6 is 28.1 Å². The highest BCUT2D eigenvalue weighted by molar-refractivity contribution is 9.10. The summed E-state index contributed by atoms with van der Waals surface area (Å²) in [6, 6.07) is 6.86. The van der Waals surface area contributed by atoms with Gasteiger partial charge >= 0.3 is 0 Å². The van der Waals surface area contributed by atoms with Crippen molar-refractivity contribution < 1.29 is 0 Å². The van der Waals surface area contributed by atoms with Gasteiger partial charge in [0.15, 0.2) is 4.77 Å². The first-order valence-electron chi connectivity index (χ1n) is 6.23. The summed E-state index contributed by atoms with van der Waals surface area (Å²) in [5, 5.41) is 0. The molecule has 0 amide bonds. The second kappa shape index (κ2) is 4.79. The highest BCUT2D eigenvalue weighted by Crippen LogP contribution is 2.23. The van der Waals surface area contributed by atoms with E-state index in [2.05, 4.69) is 49.6 Å². The molecule has 0 saturated carbocycles. The highest BCUT2D eigenvalue weighted by atomic mass is 79.9. The first-order valence-corrected chi connectivity index (χ1v) is 7.43. The number of aromatic nitrogens is 2. The molecule has 18 heavy (non-hydrogen) atoms. The van der Waals surface area contributed by atoms with Crippen LogP contribution in [0.4, 0.5) is 0 Å². The summed E-state index contributed by atoms with van der Waals surface area (Å²) in [5.74, 6) is 0. The Balaban J connectivity index is 2.02. The number of benzene rings is 1. The van der Waals surface area contributed by atoms with Crippen molar-refractivity contribution >= 4 is 39.2 Å². The second-order valence-electron chi connectivity index (χ2n) is 4.98. The molecule has 96 valence electrons. The second-order valence-corrected chi connectivity index (χ2v) is 6.28. The van der Waals surface area contributed by atoms with Gasteiger partial charge in [-0.15, -0.1) is 0 Å². The number of imidazole rings is 1. The molecular formula is C13H16BrN3S. The SMILES string of the molecule is CN1CCCC1Cn1c(=S)[nH]c2ccc(Br)cc21. The van der Waals surface area contributed by atoms with Gasteiger partial charge in [-0.1, -0.05) is 15.9 Å². The van der Waals surface area contributed by atoms with Crippen LogP contribution in [0, 0.1) is 4.77 Å². The van der Waals surface area contributed by atoms with Crippen LogP contribution < -0.4 is 0 Å². The lowest BCUT2D eigenvalue weighted by atomic mass is 10.2. The van der Waals surface area contributed by atoms with Crippen LogP contribution in [0.25, 0.3) is 11.0 Å². The zero-order valence-electron chi connectivity index (χ0n) is 10.3. The number of nitrogens with one attached hydrogen (secondary N) is 1. The van der Waals surface area contributed by atoms with Gasteiger partial charge in [-0.2, -0.15) is 0 Å². The van der Waals surface area contributed by atoms with Crippen molar-refractivity contribution in [1.82, 2.24) is 14.5 Å². The average molecular weight is 326 g/mol. The molecule has 0 aliphatic carbocycles. The van der Waals surface area contributed by atoms with Crippen LogP contribution in [-0.2, 0) is 6.54 Å². The zero-order valence-corrected chi connectivity index (χ0v) is 12.7. The molecule has 2 heterocycles. The Hall–Kier alpha value is -0.650. The molecule has 3 nitrogen and oxygen atoms in total. The number of nitrogens with zero attached hydrogens (tertiary/aromatic N) is 2. The van der Waals surface area contributed by atoms with Gasteiger partial charge in [-0.25, -0.2) is 0 Å². The highest BCUT2D eigenvalue weighted by Gasteiger charge is 2.22. The average Bonchev–Trinajstić information content (AvgIpc) is 2.86. The Morgan fingerprint density at radius 3 is 3.06 bits per heavy atom. The van der Waals surface area contributed by atoms with E-state index in [1.165, 1.54) is 24.9 Å². The van der Waals surface area contributed by atoms with Gasteiger partial charge in [0.2, 0.25) is 0 Å². The van der Waals surface area contributed by atoms with Crippen molar-refractivity contribution in [2.24, 2.45) is 0 Å². The molecule has 5 heteroatoms. The van der Waals surface area contributed by atoms with Crippen molar-refractivity contribution in [2.45, 2.75) is 25.4 Å². The topological polar surface area (TPSA) is 24.0 Å². The Labute approximate surface area is 120 Å². The molecular weight excluding hydrogens is 310 g/mol. The quantitative estimate of drug-likeness (QED) is 0.854. The molecule has 0 radical (unpaired) electrons. The maximum atomic E-state index is 5.44. The Morgan fingerprint density at radius 2 is 2.33 bits per heavy atom. The van der Waals surface area contributed by atoms with Gasteiger partial charge in [0.05, 0.1) is 11.0 Å². The van der Waals surface area contributed by atoms with E-state index in [1.807, 2.05) is 6.07 Å². The normalized spacial score (nSPS) is 20.9. The summed E-state index contributed by atoms with van der Waals surface area (Å²) in [5.41, 5.74) is 2.30. The van der Waals surface area contributed by atoms with Crippen molar-refractivity contribution in [3.05, 3.63) is 27.4 Å². The first-order chi connectivity index (χ1) is 8.65. The molecule has 2 aromatic rings. The summed E-state index contributed by atoms with van der Waals surface area (Å²) in [4.78, 5) is 5.71. The van der Waals surface area contributed by atoms with Gasteiger partial charge < -0.3 is 14.5 Å². The van der Waals surface area contributed by atoms with E-state index >= 15 is 0 Å². The minimum absolute atomic E-state index is 0.606. The number of H-pyrrole nitrogens is 1. The van der Waals surface area contributed by atoms with E-state index < -0.39 is 0 Å². The van der Waals surface area contributed by atoms with Gasteiger partial charge in [-0.3, -0.25) is 0 Å². The molecule has 1 atom stereocenters. The third-order valence-corrected chi connectivity index (χ3v) is 4.62. The molecule has 3 rings (SSSR count). The third kappa shape index (κ3) is 2.15. The number of aromatic amines is 1. The van der Waals surface area contributed by atoms with Crippen LogP contribution in [0.5, 0.6) is 0 Å². The maximum Gasteiger partial charge on any atom is 0.178 e. The van der Waals surface area contributed by atoms with Crippen LogP contribution in [0.1, 0.15) is 12.8 Å². The number of halogens is 1. The Kier molecular flexibility index (Phi) is 3.30. The van der Waals surface area contributed by atoms with E-state index in [4.69, 9.17) is 12.2 Å². The van der Waals surface area contributed by atoms with E-state index in [0.29, 0.717) is 6.04 Å². The number of rotatable bonds is 2. The molecule has 1 saturated heterocycles. The summed E-state index contributed by atoms with van der Waals surface area (Å²) in [6.45, 7) is 2.18. The largest absolute Gasteiger partial charge is 0.331 e. The monoisotopic (exact) mass is 325 g/mol. The molecule has 1 aromatic carbocycles. The van der Waals surface area contributed by atoms with E-state index in [1.54, 1.807) is 0 Å². The molecule has 0 spiro atoms. The van der Waals surface area contributed by atoms with Gasteiger partial charge in [-0.05, 0) is 56.9 Å². The summed E-state index contributed by atoms with van der Waals surface area (Å²) >= 11 is 8.97. The smallest absolute Gasteiger partial charge is 0.178 e. The molecule has 1 fully saturated rings. The minimum atomic E-state index is 0.606. The van der Waals surface area contributed by atoms with Gasteiger partial charge in [0.1, 0.15) is 0 Å². The molecule has 0 bridgehead atoms. The molecule has 1 N–H and O–H groups in total.